The molecule has 0 bridgehead atoms. The van der Waals surface area contributed by atoms with E-state index in [2.05, 4.69) is 4.98 Å². The van der Waals surface area contributed by atoms with Crippen LogP contribution in [0.15, 0.2) is 36.7 Å². The zero-order valence-electron chi connectivity index (χ0n) is 16.5. The van der Waals surface area contributed by atoms with E-state index in [1.54, 1.807) is 29.4 Å². The second-order valence-corrected chi connectivity index (χ2v) is 5.78. The molecule has 1 aromatic carbocycles. The molecule has 27 heavy (non-hydrogen) atoms. The molecule has 1 heterocycles. The summed E-state index contributed by atoms with van der Waals surface area (Å²) in [6.45, 7) is 10.2. The highest BCUT2D eigenvalue weighted by Crippen LogP contribution is 2.39. The fraction of sp³-hybridized carbons (Fsp3) is 0.429. The van der Waals surface area contributed by atoms with Crippen molar-refractivity contribution < 1.29 is 19.0 Å². The van der Waals surface area contributed by atoms with Gasteiger partial charge in [0.05, 0.1) is 19.8 Å². The Labute approximate surface area is 161 Å². The van der Waals surface area contributed by atoms with Crippen LogP contribution in [0.3, 0.4) is 0 Å². The quantitative estimate of drug-likeness (QED) is 0.632. The first kappa shape index (κ1) is 20.6. The molecule has 146 valence electrons. The van der Waals surface area contributed by atoms with Crippen molar-refractivity contribution in [2.75, 3.05) is 26.4 Å². The minimum absolute atomic E-state index is 0.0840. The number of hydrogen-bond acceptors (Lipinski definition) is 5. The minimum atomic E-state index is -0.0840. The van der Waals surface area contributed by atoms with Gasteiger partial charge in [-0.1, -0.05) is 0 Å². The van der Waals surface area contributed by atoms with Crippen molar-refractivity contribution in [3.63, 3.8) is 0 Å². The molecule has 0 aliphatic heterocycles. The van der Waals surface area contributed by atoms with Crippen LogP contribution in [0.5, 0.6) is 17.2 Å². The molecule has 2 rings (SSSR count). The van der Waals surface area contributed by atoms with E-state index in [-0.39, 0.29) is 5.91 Å². The monoisotopic (exact) mass is 372 g/mol. The van der Waals surface area contributed by atoms with Crippen molar-refractivity contribution in [1.29, 1.82) is 0 Å². The Kier molecular flexibility index (Phi) is 7.92. The van der Waals surface area contributed by atoms with Gasteiger partial charge < -0.3 is 19.1 Å². The number of rotatable bonds is 10. The number of benzene rings is 1. The summed E-state index contributed by atoms with van der Waals surface area (Å²) >= 11 is 0. The van der Waals surface area contributed by atoms with E-state index < -0.39 is 0 Å². The third-order valence-electron chi connectivity index (χ3n) is 3.95. The van der Waals surface area contributed by atoms with Gasteiger partial charge in [-0.2, -0.15) is 0 Å². The van der Waals surface area contributed by atoms with Crippen LogP contribution in [0.1, 0.15) is 43.6 Å². The lowest BCUT2D eigenvalue weighted by molar-refractivity contribution is 0.0751. The molecule has 0 spiro atoms. The molecule has 0 aliphatic carbocycles. The summed E-state index contributed by atoms with van der Waals surface area (Å²) in [6.07, 6.45) is 3.45. The Bertz CT molecular complexity index is 707. The lowest BCUT2D eigenvalue weighted by atomic mass is 10.1. The first-order chi connectivity index (χ1) is 13.1. The van der Waals surface area contributed by atoms with E-state index in [1.165, 1.54) is 0 Å². The SMILES string of the molecule is CCOc1cc(C(=O)N(CC)Cc2ccncc2)cc(OCC)c1OCC. The van der Waals surface area contributed by atoms with Crippen molar-refractivity contribution in [2.45, 2.75) is 34.2 Å². The fourth-order valence-corrected chi connectivity index (χ4v) is 2.73. The first-order valence-corrected chi connectivity index (χ1v) is 9.39. The Morgan fingerprint density at radius 3 is 1.96 bits per heavy atom. The lowest BCUT2D eigenvalue weighted by Crippen LogP contribution is -2.30. The maximum absolute atomic E-state index is 13.1. The number of aromatic nitrogens is 1. The molecule has 0 aliphatic rings. The molecule has 0 saturated heterocycles. The van der Waals surface area contributed by atoms with Crippen molar-refractivity contribution in [1.82, 2.24) is 9.88 Å². The molecule has 6 heteroatoms. The summed E-state index contributed by atoms with van der Waals surface area (Å²) in [6, 6.07) is 7.28. The highest BCUT2D eigenvalue weighted by molar-refractivity contribution is 5.95. The van der Waals surface area contributed by atoms with Gasteiger partial charge in [0.15, 0.2) is 11.5 Å². The van der Waals surface area contributed by atoms with Crippen molar-refractivity contribution in [3.8, 4) is 17.2 Å². The number of nitrogens with zero attached hydrogens (tertiary/aromatic N) is 2. The van der Waals surface area contributed by atoms with E-state index >= 15 is 0 Å². The molecule has 6 nitrogen and oxygen atoms in total. The van der Waals surface area contributed by atoms with Gasteiger partial charge in [0, 0.05) is 31.0 Å². The Morgan fingerprint density at radius 2 is 1.48 bits per heavy atom. The predicted molar refractivity (Wildman–Crippen MR) is 105 cm³/mol. The van der Waals surface area contributed by atoms with Gasteiger partial charge in [0.2, 0.25) is 5.75 Å². The summed E-state index contributed by atoms with van der Waals surface area (Å²) in [5.74, 6) is 1.50. The number of carbonyl (C=O) groups excluding carboxylic acids is 1. The average molecular weight is 372 g/mol. The molecule has 0 atom stereocenters. The van der Waals surface area contributed by atoms with E-state index in [9.17, 15) is 4.79 Å². The maximum Gasteiger partial charge on any atom is 0.254 e. The van der Waals surface area contributed by atoms with E-state index in [0.29, 0.717) is 55.7 Å². The molecule has 1 aromatic heterocycles. The van der Waals surface area contributed by atoms with Crippen LogP contribution >= 0.6 is 0 Å². The predicted octanol–water partition coefficient (Wildman–Crippen LogP) is 3.94. The van der Waals surface area contributed by atoms with Crippen LogP contribution in [0, 0.1) is 0 Å². The van der Waals surface area contributed by atoms with E-state index in [1.807, 2.05) is 39.8 Å². The number of carbonyl (C=O) groups is 1. The van der Waals surface area contributed by atoms with Gasteiger partial charge >= 0.3 is 0 Å². The largest absolute Gasteiger partial charge is 0.490 e. The number of amides is 1. The Morgan fingerprint density at radius 1 is 0.926 bits per heavy atom. The molecular weight excluding hydrogens is 344 g/mol. The van der Waals surface area contributed by atoms with Gasteiger partial charge in [-0.05, 0) is 57.5 Å². The van der Waals surface area contributed by atoms with Gasteiger partial charge in [0.1, 0.15) is 0 Å². The third-order valence-corrected chi connectivity index (χ3v) is 3.95. The number of ether oxygens (including phenoxy) is 3. The Hall–Kier alpha value is -2.76. The molecule has 0 fully saturated rings. The van der Waals surface area contributed by atoms with Gasteiger partial charge in [-0.15, -0.1) is 0 Å². The second-order valence-electron chi connectivity index (χ2n) is 5.78. The Balaban J connectivity index is 2.37. The number of hydrogen-bond donors (Lipinski definition) is 0. The first-order valence-electron chi connectivity index (χ1n) is 9.39. The lowest BCUT2D eigenvalue weighted by Gasteiger charge is -2.23. The normalized spacial score (nSPS) is 10.4. The summed E-state index contributed by atoms with van der Waals surface area (Å²) in [5, 5.41) is 0. The van der Waals surface area contributed by atoms with E-state index in [0.717, 1.165) is 5.56 Å². The van der Waals surface area contributed by atoms with Crippen molar-refractivity contribution in [2.24, 2.45) is 0 Å². The van der Waals surface area contributed by atoms with E-state index in [4.69, 9.17) is 14.2 Å². The van der Waals surface area contributed by atoms with Crippen LogP contribution in [0.4, 0.5) is 0 Å². The second kappa shape index (κ2) is 10.4. The van der Waals surface area contributed by atoms with Crippen LogP contribution in [0.25, 0.3) is 0 Å². The average Bonchev–Trinajstić information content (AvgIpc) is 2.69. The van der Waals surface area contributed by atoms with Gasteiger partial charge in [-0.3, -0.25) is 9.78 Å². The molecule has 0 N–H and O–H groups in total. The standard InChI is InChI=1S/C21H28N2O4/c1-5-23(15-16-9-11-22-12-10-16)21(24)17-13-18(25-6-2)20(27-8-4)19(14-17)26-7-3/h9-14H,5-8,15H2,1-4H3. The summed E-state index contributed by atoms with van der Waals surface area (Å²) in [4.78, 5) is 18.9. The zero-order valence-corrected chi connectivity index (χ0v) is 16.5. The number of pyridine rings is 1. The van der Waals surface area contributed by atoms with Gasteiger partial charge in [-0.25, -0.2) is 0 Å². The molecular formula is C21H28N2O4. The smallest absolute Gasteiger partial charge is 0.254 e. The molecule has 0 unspecified atom stereocenters. The fourth-order valence-electron chi connectivity index (χ4n) is 2.73. The van der Waals surface area contributed by atoms with Crippen LogP contribution in [-0.4, -0.2) is 42.2 Å². The molecule has 2 aromatic rings. The molecule has 0 radical (unpaired) electrons. The summed E-state index contributed by atoms with van der Waals surface area (Å²) in [7, 11) is 0. The van der Waals surface area contributed by atoms with Crippen molar-refractivity contribution >= 4 is 5.91 Å². The topological polar surface area (TPSA) is 60.9 Å². The van der Waals surface area contributed by atoms with Crippen LogP contribution in [-0.2, 0) is 6.54 Å². The zero-order chi connectivity index (χ0) is 19.6. The molecule has 0 saturated carbocycles. The van der Waals surface area contributed by atoms with Gasteiger partial charge in [0.25, 0.3) is 5.91 Å². The minimum Gasteiger partial charge on any atom is -0.490 e. The highest BCUT2D eigenvalue weighted by atomic mass is 16.5. The van der Waals surface area contributed by atoms with Crippen LogP contribution in [0.2, 0.25) is 0 Å². The molecule has 1 amide bonds. The maximum atomic E-state index is 13.1. The summed E-state index contributed by atoms with van der Waals surface area (Å²) < 4.78 is 17.1. The third kappa shape index (κ3) is 5.36. The van der Waals surface area contributed by atoms with Crippen molar-refractivity contribution in [3.05, 3.63) is 47.8 Å². The van der Waals surface area contributed by atoms with Crippen LogP contribution < -0.4 is 14.2 Å². The summed E-state index contributed by atoms with van der Waals surface area (Å²) in [5.41, 5.74) is 1.54. The highest BCUT2D eigenvalue weighted by Gasteiger charge is 2.21.